The van der Waals surface area contributed by atoms with Crippen LogP contribution in [0.1, 0.15) is 39.0 Å². The first-order chi connectivity index (χ1) is 11.1. The molecule has 126 valence electrons. The highest BCUT2D eigenvalue weighted by atomic mass is 16.3. The molecule has 1 aliphatic heterocycles. The largest absolute Gasteiger partial charge is 0.393 e. The van der Waals surface area contributed by atoms with Gasteiger partial charge >= 0.3 is 6.03 Å². The quantitative estimate of drug-likeness (QED) is 0.803. The minimum atomic E-state index is -0.197. The van der Waals surface area contributed by atoms with Crippen LogP contribution in [0.2, 0.25) is 0 Å². The van der Waals surface area contributed by atoms with E-state index in [2.05, 4.69) is 34.6 Å². The normalized spacial score (nSPS) is 27.7. The van der Waals surface area contributed by atoms with E-state index >= 15 is 0 Å². The molecule has 1 saturated heterocycles. The molecule has 1 atom stereocenters. The molecule has 1 aromatic carbocycles. The zero-order chi connectivity index (χ0) is 16.2. The Hall–Kier alpha value is -1.75. The van der Waals surface area contributed by atoms with E-state index in [-0.39, 0.29) is 18.2 Å². The summed E-state index contributed by atoms with van der Waals surface area (Å²) in [6, 6.07) is 8.08. The predicted molar refractivity (Wildman–Crippen MR) is 92.9 cm³/mol. The van der Waals surface area contributed by atoms with Gasteiger partial charge in [-0.2, -0.15) is 0 Å². The van der Waals surface area contributed by atoms with E-state index < -0.39 is 0 Å². The minimum absolute atomic E-state index is 0.158. The molecule has 1 aromatic rings. The van der Waals surface area contributed by atoms with Gasteiger partial charge in [0.25, 0.3) is 0 Å². The molecule has 2 fully saturated rings. The second-order valence-electron chi connectivity index (χ2n) is 6.99. The van der Waals surface area contributed by atoms with Gasteiger partial charge in [0.05, 0.1) is 6.10 Å². The Morgan fingerprint density at radius 3 is 2.43 bits per heavy atom. The molecule has 2 amide bonds. The standard InChI is InChI=1S/C18H27N3O2/c1-13-10-11-21(12-13)16-6-2-14(3-7-16)19-18(23)20-15-4-8-17(22)9-5-15/h2-3,6-7,13,15,17,22H,4-5,8-12H2,1H3,(H2,19,20,23)/t13-,15?,17?/m0/s1. The maximum Gasteiger partial charge on any atom is 0.319 e. The Balaban J connectivity index is 1.49. The zero-order valence-corrected chi connectivity index (χ0v) is 13.8. The third-order valence-electron chi connectivity index (χ3n) is 4.95. The van der Waals surface area contributed by atoms with Gasteiger partial charge in [-0.1, -0.05) is 6.92 Å². The molecular weight excluding hydrogens is 290 g/mol. The highest BCUT2D eigenvalue weighted by molar-refractivity contribution is 5.89. The number of nitrogens with one attached hydrogen (secondary N) is 2. The lowest BCUT2D eigenvalue weighted by atomic mass is 9.93. The predicted octanol–water partition coefficient (Wildman–Crippen LogP) is 2.96. The Kier molecular flexibility index (Phi) is 5.06. The SMILES string of the molecule is C[C@H]1CCN(c2ccc(NC(=O)NC3CCC(O)CC3)cc2)C1. The molecule has 2 aliphatic rings. The van der Waals surface area contributed by atoms with Crippen LogP contribution in [0.25, 0.3) is 0 Å². The Morgan fingerprint density at radius 2 is 1.83 bits per heavy atom. The van der Waals surface area contributed by atoms with E-state index in [0.29, 0.717) is 0 Å². The minimum Gasteiger partial charge on any atom is -0.393 e. The van der Waals surface area contributed by atoms with Crippen LogP contribution in [0, 0.1) is 5.92 Å². The summed E-state index contributed by atoms with van der Waals surface area (Å²) in [7, 11) is 0. The molecule has 23 heavy (non-hydrogen) atoms. The fourth-order valence-corrected chi connectivity index (χ4v) is 3.50. The maximum atomic E-state index is 12.1. The van der Waals surface area contributed by atoms with Gasteiger partial charge in [0.2, 0.25) is 0 Å². The summed E-state index contributed by atoms with van der Waals surface area (Å²) in [5.41, 5.74) is 2.04. The van der Waals surface area contributed by atoms with Crippen LogP contribution in [-0.4, -0.2) is 36.4 Å². The second-order valence-corrected chi connectivity index (χ2v) is 6.99. The van der Waals surface area contributed by atoms with E-state index in [9.17, 15) is 9.90 Å². The van der Waals surface area contributed by atoms with E-state index in [1.54, 1.807) is 0 Å². The average Bonchev–Trinajstić information content (AvgIpc) is 2.97. The molecule has 0 radical (unpaired) electrons. The first-order valence-corrected chi connectivity index (χ1v) is 8.71. The van der Waals surface area contributed by atoms with Crippen molar-refractivity contribution in [2.24, 2.45) is 5.92 Å². The zero-order valence-electron chi connectivity index (χ0n) is 13.8. The first-order valence-electron chi connectivity index (χ1n) is 8.71. The topological polar surface area (TPSA) is 64.6 Å². The number of carbonyl (C=O) groups is 1. The number of nitrogens with zero attached hydrogens (tertiary/aromatic N) is 1. The van der Waals surface area contributed by atoms with Crippen LogP contribution < -0.4 is 15.5 Å². The van der Waals surface area contributed by atoms with Crippen molar-refractivity contribution >= 4 is 17.4 Å². The van der Waals surface area contributed by atoms with Gasteiger partial charge in [-0.15, -0.1) is 0 Å². The van der Waals surface area contributed by atoms with Crippen LogP contribution in [0.15, 0.2) is 24.3 Å². The first kappa shape index (κ1) is 16.1. The fourth-order valence-electron chi connectivity index (χ4n) is 3.50. The summed E-state index contributed by atoms with van der Waals surface area (Å²) in [6.45, 7) is 4.51. The summed E-state index contributed by atoms with van der Waals surface area (Å²) >= 11 is 0. The Labute approximate surface area is 138 Å². The number of benzene rings is 1. The van der Waals surface area contributed by atoms with Crippen molar-refractivity contribution in [3.05, 3.63) is 24.3 Å². The molecule has 5 heteroatoms. The molecule has 5 nitrogen and oxygen atoms in total. The molecule has 0 bridgehead atoms. The summed E-state index contributed by atoms with van der Waals surface area (Å²) in [6.07, 6.45) is 4.29. The van der Waals surface area contributed by atoms with Crippen LogP contribution in [0.4, 0.5) is 16.2 Å². The van der Waals surface area contributed by atoms with E-state index in [1.165, 1.54) is 12.1 Å². The summed E-state index contributed by atoms with van der Waals surface area (Å²) in [5, 5.41) is 15.4. The van der Waals surface area contributed by atoms with Crippen molar-refractivity contribution in [1.82, 2.24) is 5.32 Å². The third kappa shape index (κ3) is 4.38. The lowest BCUT2D eigenvalue weighted by Gasteiger charge is -2.26. The Morgan fingerprint density at radius 1 is 1.13 bits per heavy atom. The molecule has 0 unspecified atom stereocenters. The molecule has 1 aliphatic carbocycles. The molecule has 0 spiro atoms. The highest BCUT2D eigenvalue weighted by Gasteiger charge is 2.21. The number of rotatable bonds is 3. The molecule has 1 saturated carbocycles. The van der Waals surface area contributed by atoms with E-state index in [0.717, 1.165) is 50.4 Å². The lowest BCUT2D eigenvalue weighted by molar-refractivity contribution is 0.118. The van der Waals surface area contributed by atoms with Crippen LogP contribution in [-0.2, 0) is 0 Å². The fraction of sp³-hybridized carbons (Fsp3) is 0.611. The van der Waals surface area contributed by atoms with Gasteiger partial charge < -0.3 is 20.6 Å². The van der Waals surface area contributed by atoms with E-state index in [4.69, 9.17) is 0 Å². The van der Waals surface area contributed by atoms with Crippen molar-refractivity contribution in [1.29, 1.82) is 0 Å². The number of carbonyl (C=O) groups excluding carboxylic acids is 1. The summed E-state index contributed by atoms with van der Waals surface area (Å²) < 4.78 is 0. The number of hydrogen-bond acceptors (Lipinski definition) is 3. The number of aliphatic hydroxyl groups excluding tert-OH is 1. The Bertz CT molecular complexity index is 524. The summed E-state index contributed by atoms with van der Waals surface area (Å²) in [5.74, 6) is 0.757. The molecule has 0 aromatic heterocycles. The molecule has 1 heterocycles. The van der Waals surface area contributed by atoms with Gasteiger partial charge in [0, 0.05) is 30.5 Å². The average molecular weight is 317 g/mol. The number of hydrogen-bond donors (Lipinski definition) is 3. The van der Waals surface area contributed by atoms with Gasteiger partial charge in [0.15, 0.2) is 0 Å². The van der Waals surface area contributed by atoms with Crippen molar-refractivity contribution in [3.8, 4) is 0 Å². The molecular formula is C18H27N3O2. The molecule has 3 rings (SSSR count). The van der Waals surface area contributed by atoms with Crippen molar-refractivity contribution < 1.29 is 9.90 Å². The van der Waals surface area contributed by atoms with Crippen LogP contribution in [0.5, 0.6) is 0 Å². The van der Waals surface area contributed by atoms with Gasteiger partial charge in [-0.25, -0.2) is 4.79 Å². The van der Waals surface area contributed by atoms with Gasteiger partial charge in [-0.3, -0.25) is 0 Å². The van der Waals surface area contributed by atoms with Crippen LogP contribution >= 0.6 is 0 Å². The van der Waals surface area contributed by atoms with Crippen molar-refractivity contribution in [3.63, 3.8) is 0 Å². The summed E-state index contributed by atoms with van der Waals surface area (Å²) in [4.78, 5) is 14.4. The monoisotopic (exact) mass is 317 g/mol. The van der Waals surface area contributed by atoms with Gasteiger partial charge in [-0.05, 0) is 62.3 Å². The van der Waals surface area contributed by atoms with Crippen molar-refractivity contribution in [2.45, 2.75) is 51.2 Å². The lowest BCUT2D eigenvalue weighted by Crippen LogP contribution is -2.40. The van der Waals surface area contributed by atoms with Crippen molar-refractivity contribution in [2.75, 3.05) is 23.3 Å². The number of urea groups is 1. The second kappa shape index (κ2) is 7.21. The molecule has 3 N–H and O–H groups in total. The number of anilines is 2. The number of aliphatic hydroxyl groups is 1. The maximum absolute atomic E-state index is 12.1. The number of amides is 2. The van der Waals surface area contributed by atoms with Crippen LogP contribution in [0.3, 0.4) is 0 Å². The van der Waals surface area contributed by atoms with E-state index in [1.807, 2.05) is 12.1 Å². The van der Waals surface area contributed by atoms with Gasteiger partial charge in [0.1, 0.15) is 0 Å². The smallest absolute Gasteiger partial charge is 0.319 e. The highest BCUT2D eigenvalue weighted by Crippen LogP contribution is 2.25. The third-order valence-corrected chi connectivity index (χ3v) is 4.95.